The Kier molecular flexibility index (Phi) is 3.00. The zero-order valence-corrected chi connectivity index (χ0v) is 8.94. The second-order valence-electron chi connectivity index (χ2n) is 3.76. The molecule has 0 atom stereocenters. The number of aliphatic hydroxyl groups is 1. The first kappa shape index (κ1) is 11.5. The summed E-state index contributed by atoms with van der Waals surface area (Å²) in [6, 6.07) is 3.00. The molecule has 82 valence electrons. The minimum absolute atomic E-state index is 0.132. The van der Waals surface area contributed by atoms with Crippen molar-refractivity contribution in [3.8, 4) is 11.5 Å². The molecule has 0 unspecified atom stereocenters. The lowest BCUT2D eigenvalue weighted by atomic mass is 9.95. The van der Waals surface area contributed by atoms with Crippen molar-refractivity contribution in [1.29, 1.82) is 0 Å². The molecule has 0 saturated carbocycles. The maximum Gasteiger partial charge on any atom is 0.168 e. The van der Waals surface area contributed by atoms with Crippen LogP contribution >= 0.6 is 0 Å². The molecule has 0 aliphatic rings. The van der Waals surface area contributed by atoms with Crippen molar-refractivity contribution in [2.45, 2.75) is 19.4 Å². The largest absolute Gasteiger partial charge is 0.504 e. The van der Waals surface area contributed by atoms with Crippen molar-refractivity contribution in [3.05, 3.63) is 23.3 Å². The Morgan fingerprint density at radius 2 is 2.00 bits per heavy atom. The average molecular weight is 210 g/mol. The van der Waals surface area contributed by atoms with Gasteiger partial charge >= 0.3 is 0 Å². The average Bonchev–Trinajstić information content (AvgIpc) is 2.15. The lowest BCUT2D eigenvalue weighted by Crippen LogP contribution is -2.17. The van der Waals surface area contributed by atoms with Crippen LogP contribution in [-0.4, -0.2) is 23.6 Å². The van der Waals surface area contributed by atoms with Crippen LogP contribution in [0.1, 0.15) is 29.8 Å². The van der Waals surface area contributed by atoms with Gasteiger partial charge in [0, 0.05) is 5.56 Å². The Morgan fingerprint density at radius 3 is 2.40 bits per heavy atom. The van der Waals surface area contributed by atoms with Gasteiger partial charge in [-0.1, -0.05) is 6.07 Å². The van der Waals surface area contributed by atoms with Crippen molar-refractivity contribution >= 4 is 6.29 Å². The number of phenolic OH excluding ortho intramolecular Hbond substituents is 1. The van der Waals surface area contributed by atoms with Crippen LogP contribution in [0.25, 0.3) is 0 Å². The van der Waals surface area contributed by atoms with E-state index in [9.17, 15) is 15.0 Å². The van der Waals surface area contributed by atoms with E-state index in [0.29, 0.717) is 11.8 Å². The van der Waals surface area contributed by atoms with E-state index in [1.54, 1.807) is 19.9 Å². The molecule has 0 amide bonds. The highest BCUT2D eigenvalue weighted by molar-refractivity contribution is 5.81. The highest BCUT2D eigenvalue weighted by Crippen LogP contribution is 2.38. The highest BCUT2D eigenvalue weighted by atomic mass is 16.5. The van der Waals surface area contributed by atoms with Crippen LogP contribution in [0.5, 0.6) is 11.5 Å². The molecule has 0 bridgehead atoms. The number of rotatable bonds is 3. The van der Waals surface area contributed by atoms with Crippen LogP contribution in [0.15, 0.2) is 12.1 Å². The highest BCUT2D eigenvalue weighted by Gasteiger charge is 2.24. The summed E-state index contributed by atoms with van der Waals surface area (Å²) >= 11 is 0. The molecule has 0 fully saturated rings. The Bertz CT molecular complexity index is 377. The summed E-state index contributed by atoms with van der Waals surface area (Å²) in [4.78, 5) is 10.6. The van der Waals surface area contributed by atoms with Gasteiger partial charge in [0.15, 0.2) is 17.8 Å². The number of ether oxygens (including phenoxy) is 1. The molecule has 0 radical (unpaired) electrons. The second kappa shape index (κ2) is 3.90. The van der Waals surface area contributed by atoms with Crippen molar-refractivity contribution in [3.63, 3.8) is 0 Å². The van der Waals surface area contributed by atoms with Crippen molar-refractivity contribution in [1.82, 2.24) is 0 Å². The first-order valence-corrected chi connectivity index (χ1v) is 4.49. The van der Waals surface area contributed by atoms with Crippen LogP contribution in [0.3, 0.4) is 0 Å². The van der Waals surface area contributed by atoms with Gasteiger partial charge in [-0.2, -0.15) is 0 Å². The predicted molar refractivity (Wildman–Crippen MR) is 55.3 cm³/mol. The summed E-state index contributed by atoms with van der Waals surface area (Å²) in [7, 11) is 1.37. The monoisotopic (exact) mass is 210 g/mol. The molecular weight excluding hydrogens is 196 g/mol. The molecule has 0 aliphatic heterocycles. The third-order valence-corrected chi connectivity index (χ3v) is 2.15. The Morgan fingerprint density at radius 1 is 1.40 bits per heavy atom. The van der Waals surface area contributed by atoms with Gasteiger partial charge in [-0.15, -0.1) is 0 Å². The lowest BCUT2D eigenvalue weighted by molar-refractivity contribution is 0.0750. The fraction of sp³-hybridized carbons (Fsp3) is 0.364. The third kappa shape index (κ3) is 2.10. The van der Waals surface area contributed by atoms with Gasteiger partial charge in [0.25, 0.3) is 0 Å². The van der Waals surface area contributed by atoms with E-state index in [0.717, 1.165) is 0 Å². The van der Waals surface area contributed by atoms with E-state index in [-0.39, 0.29) is 17.1 Å². The van der Waals surface area contributed by atoms with E-state index < -0.39 is 5.60 Å². The molecule has 0 aliphatic carbocycles. The minimum Gasteiger partial charge on any atom is -0.504 e. The minimum atomic E-state index is -1.13. The van der Waals surface area contributed by atoms with Crippen molar-refractivity contribution in [2.24, 2.45) is 0 Å². The number of hydrogen-bond acceptors (Lipinski definition) is 4. The molecule has 1 aromatic rings. The van der Waals surface area contributed by atoms with Gasteiger partial charge in [0.1, 0.15) is 0 Å². The van der Waals surface area contributed by atoms with Crippen LogP contribution in [0, 0.1) is 0 Å². The predicted octanol–water partition coefficient (Wildman–Crippen LogP) is 1.44. The van der Waals surface area contributed by atoms with Crippen LogP contribution < -0.4 is 4.74 Å². The first-order chi connectivity index (χ1) is 6.91. The van der Waals surface area contributed by atoms with Gasteiger partial charge in [0.2, 0.25) is 0 Å². The van der Waals surface area contributed by atoms with Gasteiger partial charge in [-0.25, -0.2) is 0 Å². The van der Waals surface area contributed by atoms with E-state index in [1.165, 1.54) is 13.2 Å². The summed E-state index contributed by atoms with van der Waals surface area (Å²) < 4.78 is 4.98. The van der Waals surface area contributed by atoms with Gasteiger partial charge in [-0.05, 0) is 19.9 Å². The number of aldehydes is 1. The number of carbonyl (C=O) groups is 1. The summed E-state index contributed by atoms with van der Waals surface area (Å²) in [6.07, 6.45) is 0.534. The van der Waals surface area contributed by atoms with E-state index in [4.69, 9.17) is 4.74 Å². The smallest absolute Gasteiger partial charge is 0.168 e. The molecule has 2 N–H and O–H groups in total. The fourth-order valence-corrected chi connectivity index (χ4v) is 1.37. The van der Waals surface area contributed by atoms with Gasteiger partial charge in [0.05, 0.1) is 18.3 Å². The molecule has 0 aromatic heterocycles. The summed E-state index contributed by atoms with van der Waals surface area (Å²) in [5.41, 5.74) is -0.558. The standard InChI is InChI=1S/C11H14O4/c1-11(2,14)8-5-4-7(6-12)9(13)10(8)15-3/h4-6,13-14H,1-3H3. The molecule has 1 rings (SSSR count). The molecule has 0 spiro atoms. The number of hydrogen-bond donors (Lipinski definition) is 2. The van der Waals surface area contributed by atoms with Crippen molar-refractivity contribution < 1.29 is 19.7 Å². The number of methoxy groups -OCH3 is 1. The van der Waals surface area contributed by atoms with E-state index >= 15 is 0 Å². The lowest BCUT2D eigenvalue weighted by Gasteiger charge is -2.21. The molecule has 4 nitrogen and oxygen atoms in total. The molecule has 15 heavy (non-hydrogen) atoms. The third-order valence-electron chi connectivity index (χ3n) is 2.15. The fourth-order valence-electron chi connectivity index (χ4n) is 1.37. The van der Waals surface area contributed by atoms with Crippen LogP contribution in [-0.2, 0) is 5.60 Å². The van der Waals surface area contributed by atoms with E-state index in [2.05, 4.69) is 0 Å². The number of carbonyl (C=O) groups excluding carboxylic acids is 1. The summed E-state index contributed by atoms with van der Waals surface area (Å²) in [5.74, 6) is -0.112. The van der Waals surface area contributed by atoms with Crippen LogP contribution in [0.4, 0.5) is 0 Å². The van der Waals surface area contributed by atoms with E-state index in [1.807, 2.05) is 0 Å². The maximum atomic E-state index is 10.6. The van der Waals surface area contributed by atoms with Gasteiger partial charge in [-0.3, -0.25) is 4.79 Å². The van der Waals surface area contributed by atoms with Gasteiger partial charge < -0.3 is 14.9 Å². The topological polar surface area (TPSA) is 66.8 Å². The van der Waals surface area contributed by atoms with Crippen molar-refractivity contribution in [2.75, 3.05) is 7.11 Å². The SMILES string of the molecule is COc1c(C(C)(C)O)ccc(C=O)c1O. The number of aromatic hydroxyl groups is 1. The van der Waals surface area contributed by atoms with Crippen LogP contribution in [0.2, 0.25) is 0 Å². The molecule has 0 heterocycles. The summed E-state index contributed by atoms with van der Waals surface area (Å²) in [6.45, 7) is 3.15. The first-order valence-electron chi connectivity index (χ1n) is 4.49. The molecule has 4 heteroatoms. The second-order valence-corrected chi connectivity index (χ2v) is 3.76. The molecule has 0 saturated heterocycles. The maximum absolute atomic E-state index is 10.6. The summed E-state index contributed by atoms with van der Waals surface area (Å²) in [5, 5.41) is 19.5. The molecular formula is C11H14O4. The number of phenols is 1. The Hall–Kier alpha value is -1.55. The quantitative estimate of drug-likeness (QED) is 0.741. The normalized spacial score (nSPS) is 11.2. The Labute approximate surface area is 88.1 Å². The number of benzene rings is 1. The zero-order valence-electron chi connectivity index (χ0n) is 8.94. The molecule has 1 aromatic carbocycles. The Balaban J connectivity index is 3.44. The zero-order chi connectivity index (χ0) is 11.6.